The maximum atomic E-state index is 13.8. The van der Waals surface area contributed by atoms with E-state index in [0.29, 0.717) is 11.8 Å². The number of aryl methyl sites for hydroxylation is 1. The second kappa shape index (κ2) is 7.36. The van der Waals surface area contributed by atoms with Crippen molar-refractivity contribution in [3.63, 3.8) is 0 Å². The van der Waals surface area contributed by atoms with Gasteiger partial charge in [0, 0.05) is 11.4 Å². The van der Waals surface area contributed by atoms with Crippen molar-refractivity contribution in [2.45, 2.75) is 19.4 Å². The van der Waals surface area contributed by atoms with Gasteiger partial charge in [0.05, 0.1) is 5.56 Å². The molecule has 0 fully saturated rings. The number of amides is 1. The number of alkyl halides is 1. The van der Waals surface area contributed by atoms with Gasteiger partial charge in [-0.1, -0.05) is 52.3 Å². The summed E-state index contributed by atoms with van der Waals surface area (Å²) in [5.41, 5.74) is 2.01. The predicted octanol–water partition coefficient (Wildman–Crippen LogP) is 3.87. The second-order valence-corrected chi connectivity index (χ2v) is 5.65. The third-order valence-electron chi connectivity index (χ3n) is 3.22. The summed E-state index contributed by atoms with van der Waals surface area (Å²) < 4.78 is 13.8. The molecule has 2 aromatic carbocycles. The lowest BCUT2D eigenvalue weighted by molar-refractivity contribution is 0.0937. The van der Waals surface area contributed by atoms with E-state index in [1.54, 1.807) is 13.0 Å². The fraction of sp³-hybridized carbons (Fsp3) is 0.235. The summed E-state index contributed by atoms with van der Waals surface area (Å²) in [6.45, 7) is 1.79. The molecule has 0 spiro atoms. The van der Waals surface area contributed by atoms with Gasteiger partial charge in [-0.2, -0.15) is 0 Å². The fourth-order valence-corrected chi connectivity index (χ4v) is 2.50. The van der Waals surface area contributed by atoms with Crippen molar-refractivity contribution in [1.29, 1.82) is 0 Å². The zero-order valence-corrected chi connectivity index (χ0v) is 13.4. The fourth-order valence-electron chi connectivity index (χ4n) is 2.11. The predicted molar refractivity (Wildman–Crippen MR) is 86.3 cm³/mol. The smallest absolute Gasteiger partial charge is 0.254 e. The Balaban J connectivity index is 2.06. The van der Waals surface area contributed by atoms with Gasteiger partial charge in [-0.05, 0) is 36.6 Å². The average Bonchev–Trinajstić information content (AvgIpc) is 2.47. The summed E-state index contributed by atoms with van der Waals surface area (Å²) >= 11 is 3.40. The molecule has 0 heterocycles. The zero-order valence-electron chi connectivity index (χ0n) is 11.8. The van der Waals surface area contributed by atoms with E-state index in [9.17, 15) is 9.18 Å². The van der Waals surface area contributed by atoms with E-state index in [1.165, 1.54) is 12.1 Å². The molecule has 4 heteroatoms. The van der Waals surface area contributed by atoms with Gasteiger partial charge in [0.2, 0.25) is 0 Å². The molecule has 2 aromatic rings. The van der Waals surface area contributed by atoms with Crippen LogP contribution in [0.2, 0.25) is 0 Å². The molecular formula is C17H17BrFNO. The number of hydrogen-bond acceptors (Lipinski definition) is 1. The minimum absolute atomic E-state index is 0.0828. The van der Waals surface area contributed by atoms with Crippen molar-refractivity contribution in [2.24, 2.45) is 0 Å². The second-order valence-electron chi connectivity index (χ2n) is 5.00. The first-order chi connectivity index (χ1) is 10.1. The summed E-state index contributed by atoms with van der Waals surface area (Å²) in [5.74, 6) is -0.867. The third kappa shape index (κ3) is 4.39. The normalized spacial score (nSPS) is 12.0. The van der Waals surface area contributed by atoms with Gasteiger partial charge in [-0.3, -0.25) is 4.79 Å². The van der Waals surface area contributed by atoms with E-state index in [1.807, 2.05) is 30.3 Å². The molecule has 0 aliphatic heterocycles. The number of carbonyl (C=O) groups excluding carboxylic acids is 1. The Labute approximate surface area is 132 Å². The number of nitrogens with one attached hydrogen (secondary N) is 1. The number of benzene rings is 2. The largest absolute Gasteiger partial charge is 0.348 e. The van der Waals surface area contributed by atoms with Gasteiger partial charge in [0.1, 0.15) is 5.82 Å². The van der Waals surface area contributed by atoms with Gasteiger partial charge in [0.25, 0.3) is 5.91 Å². The molecule has 0 saturated carbocycles. The van der Waals surface area contributed by atoms with Crippen molar-refractivity contribution in [3.05, 3.63) is 71.0 Å². The molecule has 0 aromatic heterocycles. The molecule has 1 N–H and O–H groups in total. The molecule has 0 aliphatic rings. The standard InChI is InChI=1S/C17H17BrFNO/c1-12-7-8-15(16(19)9-12)17(21)20-14(11-18)10-13-5-3-2-4-6-13/h2-9,14H,10-11H2,1H3,(H,20,21). The van der Waals surface area contributed by atoms with Crippen LogP contribution in [0.5, 0.6) is 0 Å². The molecule has 1 atom stereocenters. The van der Waals surface area contributed by atoms with Gasteiger partial charge >= 0.3 is 0 Å². The summed E-state index contributed by atoms with van der Waals surface area (Å²) in [4.78, 5) is 12.2. The van der Waals surface area contributed by atoms with E-state index in [0.717, 1.165) is 11.1 Å². The van der Waals surface area contributed by atoms with E-state index < -0.39 is 5.82 Å². The Bertz CT molecular complexity index is 615. The highest BCUT2D eigenvalue weighted by atomic mass is 79.9. The summed E-state index contributed by atoms with van der Waals surface area (Å²) in [6.07, 6.45) is 0.700. The minimum Gasteiger partial charge on any atom is -0.348 e. The molecule has 1 unspecified atom stereocenters. The van der Waals surface area contributed by atoms with Crippen LogP contribution in [-0.2, 0) is 6.42 Å². The van der Waals surface area contributed by atoms with Crippen LogP contribution in [0.1, 0.15) is 21.5 Å². The summed E-state index contributed by atoms with van der Waals surface area (Å²) in [5, 5.41) is 3.48. The van der Waals surface area contributed by atoms with Gasteiger partial charge in [-0.25, -0.2) is 4.39 Å². The highest BCUT2D eigenvalue weighted by Gasteiger charge is 2.16. The van der Waals surface area contributed by atoms with Crippen LogP contribution in [0, 0.1) is 12.7 Å². The highest BCUT2D eigenvalue weighted by Crippen LogP contribution is 2.11. The summed E-state index contributed by atoms with van der Waals surface area (Å²) in [6, 6.07) is 14.4. The molecule has 21 heavy (non-hydrogen) atoms. The molecule has 110 valence electrons. The quantitative estimate of drug-likeness (QED) is 0.815. The van der Waals surface area contributed by atoms with Gasteiger partial charge in [-0.15, -0.1) is 0 Å². The van der Waals surface area contributed by atoms with Crippen LogP contribution in [0.25, 0.3) is 0 Å². The van der Waals surface area contributed by atoms with Crippen molar-refractivity contribution in [3.8, 4) is 0 Å². The molecular weight excluding hydrogens is 333 g/mol. The Kier molecular flexibility index (Phi) is 5.51. The Hall–Kier alpha value is -1.68. The van der Waals surface area contributed by atoms with E-state index in [-0.39, 0.29) is 17.5 Å². The molecule has 0 bridgehead atoms. The van der Waals surface area contributed by atoms with E-state index in [2.05, 4.69) is 21.2 Å². The lowest BCUT2D eigenvalue weighted by Crippen LogP contribution is -2.38. The molecule has 0 radical (unpaired) electrons. The van der Waals surface area contributed by atoms with Crippen LogP contribution in [-0.4, -0.2) is 17.3 Å². The minimum atomic E-state index is -0.486. The third-order valence-corrected chi connectivity index (χ3v) is 4.00. The van der Waals surface area contributed by atoms with Gasteiger partial charge < -0.3 is 5.32 Å². The molecule has 1 amide bonds. The maximum absolute atomic E-state index is 13.8. The highest BCUT2D eigenvalue weighted by molar-refractivity contribution is 9.09. The van der Waals surface area contributed by atoms with Gasteiger partial charge in [0.15, 0.2) is 0 Å². The maximum Gasteiger partial charge on any atom is 0.254 e. The van der Waals surface area contributed by atoms with Crippen molar-refractivity contribution >= 4 is 21.8 Å². The summed E-state index contributed by atoms with van der Waals surface area (Å²) in [7, 11) is 0. The zero-order chi connectivity index (χ0) is 15.2. The molecule has 2 nitrogen and oxygen atoms in total. The molecule has 0 saturated heterocycles. The van der Waals surface area contributed by atoms with E-state index in [4.69, 9.17) is 0 Å². The van der Waals surface area contributed by atoms with Crippen LogP contribution in [0.15, 0.2) is 48.5 Å². The van der Waals surface area contributed by atoms with Crippen molar-refractivity contribution in [1.82, 2.24) is 5.32 Å². The number of rotatable bonds is 5. The topological polar surface area (TPSA) is 29.1 Å². The van der Waals surface area contributed by atoms with Crippen LogP contribution < -0.4 is 5.32 Å². The SMILES string of the molecule is Cc1ccc(C(=O)NC(CBr)Cc2ccccc2)c(F)c1. The van der Waals surface area contributed by atoms with Crippen LogP contribution in [0.4, 0.5) is 4.39 Å². The number of carbonyl (C=O) groups is 1. The number of halogens is 2. The van der Waals surface area contributed by atoms with Crippen LogP contribution in [0.3, 0.4) is 0 Å². The molecule has 2 rings (SSSR count). The van der Waals surface area contributed by atoms with Crippen molar-refractivity contribution < 1.29 is 9.18 Å². The first-order valence-corrected chi connectivity index (χ1v) is 7.89. The first-order valence-electron chi connectivity index (χ1n) is 6.77. The van der Waals surface area contributed by atoms with E-state index >= 15 is 0 Å². The lowest BCUT2D eigenvalue weighted by Gasteiger charge is -2.16. The number of hydrogen-bond donors (Lipinski definition) is 1. The Morgan fingerprint density at radius 2 is 1.95 bits per heavy atom. The van der Waals surface area contributed by atoms with Crippen LogP contribution >= 0.6 is 15.9 Å². The first kappa shape index (κ1) is 15.7. The van der Waals surface area contributed by atoms with Crippen molar-refractivity contribution in [2.75, 3.05) is 5.33 Å². The monoisotopic (exact) mass is 349 g/mol. The lowest BCUT2D eigenvalue weighted by atomic mass is 10.1. The molecule has 0 aliphatic carbocycles. The Morgan fingerprint density at radius 3 is 2.57 bits per heavy atom. The Morgan fingerprint density at radius 1 is 1.24 bits per heavy atom. The average molecular weight is 350 g/mol.